The first-order valence-corrected chi connectivity index (χ1v) is 13.1. The molecule has 0 spiro atoms. The topological polar surface area (TPSA) is 153 Å². The second-order valence-corrected chi connectivity index (χ2v) is 10.8. The third-order valence-electron chi connectivity index (χ3n) is 5.71. The van der Waals surface area contributed by atoms with Gasteiger partial charge in [-0.1, -0.05) is 11.6 Å². The zero-order chi connectivity index (χ0) is 24.7. The SMILES string of the molecule is C[C@@H]1CN(Cc2nnc(-c3cc(-c4cnc(Cl)c(CS(N)(=O)=O)c4)cc4[nH]ncc34)o2)C[C@H](C)O1. The smallest absolute Gasteiger partial charge is 0.248 e. The van der Waals surface area contributed by atoms with Gasteiger partial charge in [0, 0.05) is 35.8 Å². The van der Waals surface area contributed by atoms with Crippen LogP contribution in [-0.4, -0.2) is 64.0 Å². The van der Waals surface area contributed by atoms with Crippen LogP contribution in [0.5, 0.6) is 0 Å². The van der Waals surface area contributed by atoms with Crippen LogP contribution in [0.2, 0.25) is 5.15 Å². The summed E-state index contributed by atoms with van der Waals surface area (Å²) in [5.74, 6) is 0.443. The number of hydrogen-bond donors (Lipinski definition) is 2. The minimum atomic E-state index is -3.78. The number of ether oxygens (including phenoxy) is 1. The highest BCUT2D eigenvalue weighted by molar-refractivity contribution is 7.88. The largest absolute Gasteiger partial charge is 0.419 e. The summed E-state index contributed by atoms with van der Waals surface area (Å²) in [4.78, 5) is 6.37. The fourth-order valence-corrected chi connectivity index (χ4v) is 5.30. The third-order valence-corrected chi connectivity index (χ3v) is 6.77. The molecule has 11 nitrogen and oxygen atoms in total. The molecule has 0 amide bonds. The van der Waals surface area contributed by atoms with Crippen LogP contribution >= 0.6 is 11.6 Å². The number of hydrogen-bond acceptors (Lipinski definition) is 9. The van der Waals surface area contributed by atoms with Crippen molar-refractivity contribution in [2.75, 3.05) is 13.1 Å². The monoisotopic (exact) mass is 517 g/mol. The number of H-pyrrole nitrogens is 1. The van der Waals surface area contributed by atoms with Gasteiger partial charge >= 0.3 is 0 Å². The lowest BCUT2D eigenvalue weighted by Gasteiger charge is -2.34. The highest BCUT2D eigenvalue weighted by atomic mass is 35.5. The number of benzene rings is 1. The normalized spacial score (nSPS) is 19.4. The van der Waals surface area contributed by atoms with Gasteiger partial charge in [0.1, 0.15) is 5.15 Å². The predicted molar refractivity (Wildman–Crippen MR) is 130 cm³/mol. The van der Waals surface area contributed by atoms with Gasteiger partial charge in [-0.2, -0.15) is 5.10 Å². The molecule has 1 aliphatic heterocycles. The second-order valence-electron chi connectivity index (χ2n) is 8.79. The zero-order valence-electron chi connectivity index (χ0n) is 19.1. The van der Waals surface area contributed by atoms with Gasteiger partial charge in [-0.05, 0) is 37.6 Å². The molecule has 0 bridgehead atoms. The first-order chi connectivity index (χ1) is 16.6. The number of nitrogens with one attached hydrogen (secondary N) is 1. The quantitative estimate of drug-likeness (QED) is 0.367. The number of fused-ring (bicyclic) bond motifs is 1. The summed E-state index contributed by atoms with van der Waals surface area (Å²) >= 11 is 6.10. The molecule has 13 heteroatoms. The number of sulfonamides is 1. The second kappa shape index (κ2) is 9.28. The number of nitrogens with two attached hydrogens (primary N) is 1. The fraction of sp³-hybridized carbons (Fsp3) is 0.364. The van der Waals surface area contributed by atoms with Crippen LogP contribution in [0.3, 0.4) is 0 Å². The van der Waals surface area contributed by atoms with Crippen molar-refractivity contribution >= 4 is 32.5 Å². The first kappa shape index (κ1) is 23.8. The number of pyridine rings is 1. The lowest BCUT2D eigenvalue weighted by molar-refractivity contribution is -0.0721. The van der Waals surface area contributed by atoms with Crippen molar-refractivity contribution in [3.05, 3.63) is 47.2 Å². The molecule has 0 unspecified atom stereocenters. The molecule has 3 aromatic heterocycles. The molecule has 0 radical (unpaired) electrons. The number of nitrogens with zero attached hydrogens (tertiary/aromatic N) is 5. The average molecular weight is 518 g/mol. The van der Waals surface area contributed by atoms with Gasteiger partial charge in [-0.25, -0.2) is 18.5 Å². The Labute approximate surface area is 206 Å². The lowest BCUT2D eigenvalue weighted by Crippen LogP contribution is -2.44. The van der Waals surface area contributed by atoms with E-state index in [1.807, 2.05) is 26.0 Å². The van der Waals surface area contributed by atoms with Gasteiger partial charge in [0.25, 0.3) is 0 Å². The van der Waals surface area contributed by atoms with Crippen molar-refractivity contribution in [3.8, 4) is 22.6 Å². The van der Waals surface area contributed by atoms with E-state index in [-0.39, 0.29) is 17.4 Å². The number of aromatic amines is 1. The van der Waals surface area contributed by atoms with Crippen molar-refractivity contribution in [2.45, 2.75) is 38.4 Å². The van der Waals surface area contributed by atoms with Gasteiger partial charge in [0.15, 0.2) is 0 Å². The molecule has 2 atom stereocenters. The Morgan fingerprint density at radius 3 is 2.66 bits per heavy atom. The number of aromatic nitrogens is 5. The third kappa shape index (κ3) is 5.36. The van der Waals surface area contributed by atoms with Gasteiger partial charge in [0.05, 0.1) is 41.8 Å². The zero-order valence-corrected chi connectivity index (χ0v) is 20.7. The summed E-state index contributed by atoms with van der Waals surface area (Å²) in [6.07, 6.45) is 3.53. The van der Waals surface area contributed by atoms with Gasteiger partial charge in [-0.15, -0.1) is 10.2 Å². The molecule has 1 aromatic carbocycles. The number of rotatable bonds is 6. The van der Waals surface area contributed by atoms with E-state index in [2.05, 4.69) is 30.3 Å². The van der Waals surface area contributed by atoms with Crippen LogP contribution in [-0.2, 0) is 27.1 Å². The van der Waals surface area contributed by atoms with E-state index >= 15 is 0 Å². The minimum absolute atomic E-state index is 0.0823. The molecule has 0 saturated carbocycles. The van der Waals surface area contributed by atoms with E-state index in [1.54, 1.807) is 18.5 Å². The van der Waals surface area contributed by atoms with Crippen LogP contribution in [0.1, 0.15) is 25.3 Å². The van der Waals surface area contributed by atoms with Crippen LogP contribution in [0, 0.1) is 0 Å². The standard InChI is InChI=1S/C22H24ClN7O4S/c1-12-8-30(9-13(2)33-12)10-20-28-29-22(34-20)17-4-14(5-19-18(17)7-26-27-19)15-3-16(11-35(24,31)32)21(23)25-6-15/h3-7,12-13H,8-11H2,1-2H3,(H,26,27)(H2,24,31,32)/t12-,13+. The van der Waals surface area contributed by atoms with Gasteiger partial charge < -0.3 is 9.15 Å². The molecule has 4 aromatic rings. The summed E-state index contributed by atoms with van der Waals surface area (Å²) < 4.78 is 35.0. The maximum absolute atomic E-state index is 11.6. The van der Waals surface area contributed by atoms with Crippen molar-refractivity contribution < 1.29 is 17.6 Å². The van der Waals surface area contributed by atoms with E-state index in [1.165, 1.54) is 0 Å². The van der Waals surface area contributed by atoms with Crippen molar-refractivity contribution in [1.29, 1.82) is 0 Å². The summed E-state index contributed by atoms with van der Waals surface area (Å²) in [7, 11) is -3.78. The molecule has 184 valence electrons. The molecule has 4 heterocycles. The Morgan fingerprint density at radius 1 is 1.14 bits per heavy atom. The van der Waals surface area contributed by atoms with Crippen molar-refractivity contribution in [2.24, 2.45) is 5.14 Å². The summed E-state index contributed by atoms with van der Waals surface area (Å²) in [5, 5.41) is 21.8. The maximum Gasteiger partial charge on any atom is 0.248 e. The van der Waals surface area contributed by atoms with Crippen LogP contribution in [0.25, 0.3) is 33.5 Å². The van der Waals surface area contributed by atoms with Crippen molar-refractivity contribution in [1.82, 2.24) is 30.3 Å². The highest BCUT2D eigenvalue weighted by Crippen LogP contribution is 2.34. The predicted octanol–water partition coefficient (Wildman–Crippen LogP) is 2.73. The van der Waals surface area contributed by atoms with E-state index < -0.39 is 15.8 Å². The molecule has 1 saturated heterocycles. The van der Waals surface area contributed by atoms with Crippen LogP contribution in [0.15, 0.2) is 35.0 Å². The molecule has 5 rings (SSSR count). The summed E-state index contributed by atoms with van der Waals surface area (Å²) in [5.41, 5.74) is 3.15. The first-order valence-electron chi connectivity index (χ1n) is 11.0. The van der Waals surface area contributed by atoms with Crippen molar-refractivity contribution in [3.63, 3.8) is 0 Å². The van der Waals surface area contributed by atoms with Crippen LogP contribution in [0.4, 0.5) is 0 Å². The van der Waals surface area contributed by atoms with E-state index in [0.717, 1.165) is 29.6 Å². The van der Waals surface area contributed by atoms with E-state index in [9.17, 15) is 8.42 Å². The van der Waals surface area contributed by atoms with Gasteiger partial charge in [0.2, 0.25) is 21.8 Å². The molecular weight excluding hydrogens is 494 g/mol. The van der Waals surface area contributed by atoms with Gasteiger partial charge in [-0.3, -0.25) is 10.00 Å². The molecule has 0 aliphatic carbocycles. The van der Waals surface area contributed by atoms with E-state index in [0.29, 0.717) is 35.0 Å². The number of morpholine rings is 1. The molecule has 1 aliphatic rings. The van der Waals surface area contributed by atoms with E-state index in [4.69, 9.17) is 25.9 Å². The molecule has 3 N–H and O–H groups in total. The van der Waals surface area contributed by atoms with Crippen LogP contribution < -0.4 is 5.14 Å². The Kier molecular flexibility index (Phi) is 6.32. The Hall–Kier alpha value is -2.90. The molecular formula is C22H24ClN7O4S. The highest BCUT2D eigenvalue weighted by Gasteiger charge is 2.24. The number of halogens is 1. The molecule has 1 fully saturated rings. The fourth-order valence-electron chi connectivity index (χ4n) is 4.40. The molecule has 35 heavy (non-hydrogen) atoms. The summed E-state index contributed by atoms with van der Waals surface area (Å²) in [6, 6.07) is 5.41. The Morgan fingerprint density at radius 2 is 1.91 bits per heavy atom. The Bertz CT molecular complexity index is 1480. The Balaban J connectivity index is 1.49. The lowest BCUT2D eigenvalue weighted by atomic mass is 10.0. The average Bonchev–Trinajstić information content (AvgIpc) is 3.42. The number of primary sulfonamides is 1. The maximum atomic E-state index is 11.6. The minimum Gasteiger partial charge on any atom is -0.419 e. The summed E-state index contributed by atoms with van der Waals surface area (Å²) in [6.45, 7) is 6.19.